The standard InChI is InChI=1S/C20H26N4O2.2ClH/c1-24(13-16-11-18(26-23-16)15-5-3-2-4-6-15)19(25)17-12-20(14-22-17)7-9-21-10-8-20;;/h2-6,11,17,21-22H,7-10,12-14H2,1H3;2*1H. The van der Waals surface area contributed by atoms with Crippen molar-refractivity contribution in [2.75, 3.05) is 26.7 Å². The Morgan fingerprint density at radius 2 is 1.96 bits per heavy atom. The summed E-state index contributed by atoms with van der Waals surface area (Å²) >= 11 is 0. The minimum atomic E-state index is -0.0846. The summed E-state index contributed by atoms with van der Waals surface area (Å²) in [5, 5.41) is 11.0. The summed E-state index contributed by atoms with van der Waals surface area (Å²) in [5.74, 6) is 0.874. The number of nitrogens with one attached hydrogen (secondary N) is 2. The van der Waals surface area contributed by atoms with E-state index in [-0.39, 0.29) is 36.8 Å². The molecule has 2 fully saturated rings. The third-order valence-corrected chi connectivity index (χ3v) is 5.72. The summed E-state index contributed by atoms with van der Waals surface area (Å²) in [6, 6.07) is 11.7. The molecular formula is C20H28Cl2N4O2. The maximum atomic E-state index is 12.8. The molecule has 4 rings (SSSR count). The largest absolute Gasteiger partial charge is 0.356 e. The molecule has 2 aromatic rings. The molecule has 28 heavy (non-hydrogen) atoms. The number of carbonyl (C=O) groups excluding carboxylic acids is 1. The number of piperidine rings is 1. The number of rotatable bonds is 4. The minimum absolute atomic E-state index is 0. The molecule has 6 nitrogen and oxygen atoms in total. The Hall–Kier alpha value is -1.60. The van der Waals surface area contributed by atoms with Gasteiger partial charge in [-0.1, -0.05) is 35.5 Å². The number of carbonyl (C=O) groups is 1. The van der Waals surface area contributed by atoms with E-state index in [4.69, 9.17) is 4.52 Å². The van der Waals surface area contributed by atoms with Crippen molar-refractivity contribution in [2.45, 2.75) is 31.8 Å². The van der Waals surface area contributed by atoms with E-state index in [1.54, 1.807) is 4.90 Å². The molecule has 2 saturated heterocycles. The van der Waals surface area contributed by atoms with Gasteiger partial charge in [0, 0.05) is 25.2 Å². The number of benzene rings is 1. The van der Waals surface area contributed by atoms with Crippen LogP contribution in [0.2, 0.25) is 0 Å². The number of hydrogen-bond acceptors (Lipinski definition) is 5. The van der Waals surface area contributed by atoms with E-state index in [1.807, 2.05) is 43.4 Å². The molecule has 154 valence electrons. The van der Waals surface area contributed by atoms with Gasteiger partial charge in [0.2, 0.25) is 5.91 Å². The van der Waals surface area contributed by atoms with Crippen molar-refractivity contribution in [3.05, 3.63) is 42.1 Å². The zero-order valence-electron chi connectivity index (χ0n) is 16.0. The van der Waals surface area contributed by atoms with Gasteiger partial charge in [-0.05, 0) is 37.8 Å². The molecule has 0 radical (unpaired) electrons. The van der Waals surface area contributed by atoms with Crippen LogP contribution in [0.3, 0.4) is 0 Å². The van der Waals surface area contributed by atoms with Crippen molar-refractivity contribution in [2.24, 2.45) is 5.41 Å². The van der Waals surface area contributed by atoms with Crippen LogP contribution < -0.4 is 10.6 Å². The summed E-state index contributed by atoms with van der Waals surface area (Å²) in [4.78, 5) is 14.6. The Labute approximate surface area is 178 Å². The lowest BCUT2D eigenvalue weighted by Gasteiger charge is -2.33. The predicted octanol–water partition coefficient (Wildman–Crippen LogP) is 2.88. The lowest BCUT2D eigenvalue weighted by molar-refractivity contribution is -0.132. The number of nitrogens with zero attached hydrogens (tertiary/aromatic N) is 2. The van der Waals surface area contributed by atoms with E-state index in [0.717, 1.165) is 55.9 Å². The van der Waals surface area contributed by atoms with Crippen molar-refractivity contribution in [3.8, 4) is 11.3 Å². The highest BCUT2D eigenvalue weighted by Gasteiger charge is 2.42. The molecule has 1 unspecified atom stereocenters. The Morgan fingerprint density at radius 1 is 1.25 bits per heavy atom. The fourth-order valence-corrected chi connectivity index (χ4v) is 4.14. The Kier molecular flexibility index (Phi) is 7.89. The summed E-state index contributed by atoms with van der Waals surface area (Å²) in [5.41, 5.74) is 2.06. The highest BCUT2D eigenvalue weighted by Crippen LogP contribution is 2.37. The molecule has 8 heteroatoms. The van der Waals surface area contributed by atoms with Gasteiger partial charge < -0.3 is 20.1 Å². The van der Waals surface area contributed by atoms with Crippen molar-refractivity contribution in [1.29, 1.82) is 0 Å². The zero-order chi connectivity index (χ0) is 18.0. The molecule has 1 amide bonds. The topological polar surface area (TPSA) is 70.4 Å². The van der Waals surface area contributed by atoms with Gasteiger partial charge in [0.05, 0.1) is 12.6 Å². The SMILES string of the molecule is CN(Cc1cc(-c2ccccc2)on1)C(=O)C1CC2(CCNCC2)CN1.Cl.Cl. The summed E-state index contributed by atoms with van der Waals surface area (Å²) < 4.78 is 5.44. The summed E-state index contributed by atoms with van der Waals surface area (Å²) in [7, 11) is 1.84. The van der Waals surface area contributed by atoms with Crippen LogP contribution in [0.25, 0.3) is 11.3 Å². The van der Waals surface area contributed by atoms with Crippen LogP contribution in [0.1, 0.15) is 25.0 Å². The molecule has 1 aromatic heterocycles. The lowest BCUT2D eigenvalue weighted by Crippen LogP contribution is -2.41. The third kappa shape index (κ3) is 4.87. The van der Waals surface area contributed by atoms with Crippen LogP contribution in [-0.4, -0.2) is 48.7 Å². The maximum Gasteiger partial charge on any atom is 0.239 e. The average Bonchev–Trinajstić information content (AvgIpc) is 3.30. The molecule has 1 atom stereocenters. The van der Waals surface area contributed by atoms with E-state index < -0.39 is 0 Å². The number of amides is 1. The highest BCUT2D eigenvalue weighted by atomic mass is 35.5. The van der Waals surface area contributed by atoms with E-state index in [9.17, 15) is 4.79 Å². The molecule has 2 aliphatic heterocycles. The van der Waals surface area contributed by atoms with Crippen LogP contribution in [0.15, 0.2) is 40.9 Å². The van der Waals surface area contributed by atoms with E-state index in [0.29, 0.717) is 12.0 Å². The molecule has 0 bridgehead atoms. The first kappa shape index (κ1) is 22.7. The second-order valence-corrected chi connectivity index (χ2v) is 7.63. The van der Waals surface area contributed by atoms with Gasteiger partial charge in [-0.2, -0.15) is 0 Å². The number of halogens is 2. The van der Waals surface area contributed by atoms with Crippen molar-refractivity contribution in [3.63, 3.8) is 0 Å². The van der Waals surface area contributed by atoms with Gasteiger partial charge in [-0.3, -0.25) is 4.79 Å². The first-order valence-electron chi connectivity index (χ1n) is 9.35. The van der Waals surface area contributed by atoms with Crippen molar-refractivity contribution < 1.29 is 9.32 Å². The molecular weight excluding hydrogens is 399 g/mol. The molecule has 2 N–H and O–H groups in total. The van der Waals surface area contributed by atoms with Crippen LogP contribution in [0.5, 0.6) is 0 Å². The van der Waals surface area contributed by atoms with E-state index in [2.05, 4.69) is 15.8 Å². The predicted molar refractivity (Wildman–Crippen MR) is 114 cm³/mol. The van der Waals surface area contributed by atoms with Gasteiger partial charge in [0.25, 0.3) is 0 Å². The first-order valence-corrected chi connectivity index (χ1v) is 9.35. The van der Waals surface area contributed by atoms with Crippen LogP contribution in [-0.2, 0) is 11.3 Å². The zero-order valence-corrected chi connectivity index (χ0v) is 17.7. The second kappa shape index (κ2) is 9.74. The normalized spacial score (nSPS) is 20.2. The average molecular weight is 427 g/mol. The van der Waals surface area contributed by atoms with Gasteiger partial charge in [0.15, 0.2) is 5.76 Å². The summed E-state index contributed by atoms with van der Waals surface area (Å²) in [6.45, 7) is 3.52. The van der Waals surface area contributed by atoms with Crippen LogP contribution in [0.4, 0.5) is 0 Å². The smallest absolute Gasteiger partial charge is 0.239 e. The molecule has 0 aliphatic carbocycles. The molecule has 1 aromatic carbocycles. The van der Waals surface area contributed by atoms with Gasteiger partial charge in [-0.25, -0.2) is 0 Å². The molecule has 3 heterocycles. The number of hydrogen-bond donors (Lipinski definition) is 2. The van der Waals surface area contributed by atoms with Gasteiger partial charge in [-0.15, -0.1) is 24.8 Å². The summed E-state index contributed by atoms with van der Waals surface area (Å²) in [6.07, 6.45) is 3.24. The molecule has 2 aliphatic rings. The third-order valence-electron chi connectivity index (χ3n) is 5.72. The van der Waals surface area contributed by atoms with E-state index >= 15 is 0 Å². The van der Waals surface area contributed by atoms with E-state index in [1.165, 1.54) is 0 Å². The molecule has 0 saturated carbocycles. The second-order valence-electron chi connectivity index (χ2n) is 7.63. The Bertz CT molecular complexity index is 763. The first-order chi connectivity index (χ1) is 12.7. The van der Waals surface area contributed by atoms with Gasteiger partial charge in [0.1, 0.15) is 5.69 Å². The van der Waals surface area contributed by atoms with Crippen molar-refractivity contribution in [1.82, 2.24) is 20.7 Å². The van der Waals surface area contributed by atoms with Gasteiger partial charge >= 0.3 is 0 Å². The monoisotopic (exact) mass is 426 g/mol. The maximum absolute atomic E-state index is 12.8. The lowest BCUT2D eigenvalue weighted by atomic mass is 9.77. The van der Waals surface area contributed by atoms with Crippen molar-refractivity contribution >= 4 is 30.7 Å². The highest BCUT2D eigenvalue weighted by molar-refractivity contribution is 5.85. The fourth-order valence-electron chi connectivity index (χ4n) is 4.14. The number of aromatic nitrogens is 1. The van der Waals surface area contributed by atoms with Crippen LogP contribution >= 0.6 is 24.8 Å². The Balaban J connectivity index is 0.00000140. The quantitative estimate of drug-likeness (QED) is 0.786. The molecule has 1 spiro atoms. The fraction of sp³-hybridized carbons (Fsp3) is 0.500. The Morgan fingerprint density at radius 3 is 2.68 bits per heavy atom. The minimum Gasteiger partial charge on any atom is -0.356 e. The van der Waals surface area contributed by atoms with Crippen LogP contribution in [0, 0.1) is 5.41 Å². The number of likely N-dealkylation sites (N-methyl/N-ethyl adjacent to an activating group) is 1.